The Hall–Kier alpha value is -2.51. The van der Waals surface area contributed by atoms with Crippen molar-refractivity contribution in [3.05, 3.63) is 74.5 Å². The number of hydrogen-bond acceptors (Lipinski definition) is 6. The number of nitrogens with two attached hydrogens (primary N) is 1. The molecule has 0 spiro atoms. The van der Waals surface area contributed by atoms with Gasteiger partial charge >= 0.3 is 5.56 Å². The molecule has 0 amide bonds. The number of benzene rings is 2. The zero-order valence-corrected chi connectivity index (χ0v) is 15.9. The summed E-state index contributed by atoms with van der Waals surface area (Å²) in [7, 11) is 0. The molecule has 0 aliphatic carbocycles. The van der Waals surface area contributed by atoms with Gasteiger partial charge in [-0.15, -0.1) is 10.2 Å². The molecular weight excluding hydrogens is 370 g/mol. The number of aromatic nitrogens is 3. The smallest absolute Gasteiger partial charge is 0.315 e. The Bertz CT molecular complexity index is 1010. The number of thioether (sulfide) groups is 1. The Morgan fingerprint density at radius 3 is 2.65 bits per heavy atom. The van der Waals surface area contributed by atoms with Crippen LogP contribution in [0.4, 0.5) is 11.5 Å². The Morgan fingerprint density at radius 2 is 1.92 bits per heavy atom. The molecule has 3 aromatic rings. The molecule has 134 valence electrons. The molecule has 3 N–H and O–H groups in total. The molecule has 0 aliphatic heterocycles. The van der Waals surface area contributed by atoms with E-state index in [-0.39, 0.29) is 5.82 Å². The van der Waals surface area contributed by atoms with Gasteiger partial charge in [0.2, 0.25) is 11.0 Å². The summed E-state index contributed by atoms with van der Waals surface area (Å²) in [6.45, 7) is 4.03. The molecule has 1 heterocycles. The normalized spacial score (nSPS) is 10.7. The van der Waals surface area contributed by atoms with E-state index in [1.165, 1.54) is 17.3 Å². The van der Waals surface area contributed by atoms with Crippen molar-refractivity contribution in [2.75, 3.05) is 11.2 Å². The van der Waals surface area contributed by atoms with E-state index in [0.29, 0.717) is 15.9 Å². The van der Waals surface area contributed by atoms with Crippen LogP contribution >= 0.6 is 23.4 Å². The van der Waals surface area contributed by atoms with Gasteiger partial charge in [0, 0.05) is 16.5 Å². The van der Waals surface area contributed by atoms with E-state index in [2.05, 4.69) is 15.5 Å². The van der Waals surface area contributed by atoms with Crippen molar-refractivity contribution in [2.45, 2.75) is 24.8 Å². The predicted molar refractivity (Wildman–Crippen MR) is 107 cm³/mol. The molecule has 2 aromatic carbocycles. The van der Waals surface area contributed by atoms with E-state index in [9.17, 15) is 4.79 Å². The molecule has 26 heavy (non-hydrogen) atoms. The maximum atomic E-state index is 12.5. The molecule has 1 aromatic heterocycles. The van der Waals surface area contributed by atoms with Crippen molar-refractivity contribution < 1.29 is 0 Å². The van der Waals surface area contributed by atoms with Crippen LogP contribution in [0.3, 0.4) is 0 Å². The van der Waals surface area contributed by atoms with Crippen molar-refractivity contribution in [3.63, 3.8) is 0 Å². The highest BCUT2D eigenvalue weighted by Crippen LogP contribution is 2.24. The van der Waals surface area contributed by atoms with Crippen molar-refractivity contribution in [1.29, 1.82) is 0 Å². The van der Waals surface area contributed by atoms with E-state index in [4.69, 9.17) is 17.4 Å². The van der Waals surface area contributed by atoms with Gasteiger partial charge in [0.1, 0.15) is 0 Å². The van der Waals surface area contributed by atoms with Gasteiger partial charge in [0.05, 0.1) is 0 Å². The summed E-state index contributed by atoms with van der Waals surface area (Å²) in [5.41, 5.74) is 3.54. The fraction of sp³-hybridized carbons (Fsp3) is 0.167. The summed E-state index contributed by atoms with van der Waals surface area (Å²) in [5, 5.41) is 12.0. The van der Waals surface area contributed by atoms with Gasteiger partial charge in [0.25, 0.3) is 0 Å². The monoisotopic (exact) mass is 387 g/mol. The number of rotatable bonds is 5. The predicted octanol–water partition coefficient (Wildman–Crippen LogP) is 3.66. The molecular formula is C18H18ClN5OS. The van der Waals surface area contributed by atoms with Crippen LogP contribution in [0.15, 0.2) is 52.4 Å². The van der Waals surface area contributed by atoms with E-state index in [0.717, 1.165) is 21.5 Å². The van der Waals surface area contributed by atoms with Gasteiger partial charge in [-0.25, -0.2) is 0 Å². The Morgan fingerprint density at radius 1 is 1.15 bits per heavy atom. The van der Waals surface area contributed by atoms with Gasteiger partial charge < -0.3 is 11.2 Å². The van der Waals surface area contributed by atoms with Crippen LogP contribution in [0.2, 0.25) is 5.02 Å². The maximum Gasteiger partial charge on any atom is 0.315 e. The summed E-state index contributed by atoms with van der Waals surface area (Å²) in [5.74, 6) is 6.52. The highest BCUT2D eigenvalue weighted by molar-refractivity contribution is 7.98. The number of nitrogen functional groups attached to an aromatic ring is 1. The molecule has 3 rings (SSSR count). The molecule has 0 unspecified atom stereocenters. The first kappa shape index (κ1) is 18.3. The number of halogens is 1. The standard InChI is InChI=1S/C18H18ClN5OS/c1-11-7-8-14(9-12(11)2)21-16-17(25)24(20)18(23-22-16)26-10-13-5-3-4-6-15(13)19/h3-9H,10,20H2,1-2H3,(H,21,22). The topological polar surface area (TPSA) is 85.8 Å². The summed E-state index contributed by atoms with van der Waals surface area (Å²) in [6, 6.07) is 13.3. The molecule has 0 saturated heterocycles. The first-order chi connectivity index (χ1) is 12.5. The number of nitrogens with zero attached hydrogens (tertiary/aromatic N) is 3. The molecule has 0 fully saturated rings. The molecule has 0 atom stereocenters. The van der Waals surface area contributed by atoms with E-state index in [1.54, 1.807) is 0 Å². The fourth-order valence-corrected chi connectivity index (χ4v) is 3.41. The van der Waals surface area contributed by atoms with Crippen LogP contribution < -0.4 is 16.7 Å². The minimum Gasteiger partial charge on any atom is -0.334 e. The molecule has 8 heteroatoms. The lowest BCUT2D eigenvalue weighted by Crippen LogP contribution is -2.32. The zero-order valence-electron chi connectivity index (χ0n) is 14.4. The summed E-state index contributed by atoms with van der Waals surface area (Å²) < 4.78 is 0.998. The van der Waals surface area contributed by atoms with Crippen LogP contribution in [-0.4, -0.2) is 14.9 Å². The highest BCUT2D eigenvalue weighted by atomic mass is 35.5. The largest absolute Gasteiger partial charge is 0.334 e. The Labute approximate surface area is 160 Å². The number of anilines is 2. The van der Waals surface area contributed by atoms with Crippen molar-refractivity contribution in [3.8, 4) is 0 Å². The summed E-state index contributed by atoms with van der Waals surface area (Å²) in [6.07, 6.45) is 0. The van der Waals surface area contributed by atoms with Crippen molar-refractivity contribution >= 4 is 34.9 Å². The number of hydrogen-bond donors (Lipinski definition) is 2. The molecule has 0 aliphatic rings. The quantitative estimate of drug-likeness (QED) is 0.513. The van der Waals surface area contributed by atoms with Crippen LogP contribution in [0.25, 0.3) is 0 Å². The lowest BCUT2D eigenvalue weighted by molar-refractivity contribution is 0.705. The Balaban J connectivity index is 1.79. The van der Waals surface area contributed by atoms with Crippen LogP contribution in [0.5, 0.6) is 0 Å². The molecule has 0 radical (unpaired) electrons. The third kappa shape index (κ3) is 4.00. The molecule has 6 nitrogen and oxygen atoms in total. The van der Waals surface area contributed by atoms with Crippen LogP contribution in [0, 0.1) is 13.8 Å². The second-order valence-corrected chi connectivity index (χ2v) is 7.16. The zero-order chi connectivity index (χ0) is 18.7. The van der Waals surface area contributed by atoms with E-state index in [1.807, 2.05) is 56.3 Å². The highest BCUT2D eigenvalue weighted by Gasteiger charge is 2.12. The van der Waals surface area contributed by atoms with Gasteiger partial charge in [-0.3, -0.25) is 4.79 Å². The second kappa shape index (κ2) is 7.80. The maximum absolute atomic E-state index is 12.5. The minimum atomic E-state index is -0.445. The van der Waals surface area contributed by atoms with Gasteiger partial charge in [-0.2, -0.15) is 4.68 Å². The first-order valence-corrected chi connectivity index (χ1v) is 9.27. The van der Waals surface area contributed by atoms with Crippen LogP contribution in [-0.2, 0) is 5.75 Å². The van der Waals surface area contributed by atoms with Crippen LogP contribution in [0.1, 0.15) is 16.7 Å². The minimum absolute atomic E-state index is 0.0813. The summed E-state index contributed by atoms with van der Waals surface area (Å²) >= 11 is 7.44. The number of nitrogens with one attached hydrogen (secondary N) is 1. The number of aryl methyl sites for hydroxylation is 2. The lowest BCUT2D eigenvalue weighted by atomic mass is 10.1. The average molecular weight is 388 g/mol. The average Bonchev–Trinajstić information content (AvgIpc) is 2.63. The van der Waals surface area contributed by atoms with Gasteiger partial charge in [-0.05, 0) is 48.7 Å². The Kier molecular flexibility index (Phi) is 5.49. The molecule has 0 bridgehead atoms. The van der Waals surface area contributed by atoms with E-state index < -0.39 is 5.56 Å². The van der Waals surface area contributed by atoms with E-state index >= 15 is 0 Å². The van der Waals surface area contributed by atoms with Crippen molar-refractivity contribution in [2.24, 2.45) is 0 Å². The van der Waals surface area contributed by atoms with Crippen molar-refractivity contribution in [1.82, 2.24) is 14.9 Å². The SMILES string of the molecule is Cc1ccc(Nc2nnc(SCc3ccccc3Cl)n(N)c2=O)cc1C. The second-order valence-electron chi connectivity index (χ2n) is 5.81. The third-order valence-electron chi connectivity index (χ3n) is 3.95. The lowest BCUT2D eigenvalue weighted by Gasteiger charge is -2.10. The van der Waals surface area contributed by atoms with Gasteiger partial charge in [0.15, 0.2) is 0 Å². The first-order valence-electron chi connectivity index (χ1n) is 7.91. The fourth-order valence-electron chi connectivity index (χ4n) is 2.28. The molecule has 0 saturated carbocycles. The van der Waals surface area contributed by atoms with Gasteiger partial charge in [-0.1, -0.05) is 47.6 Å². The third-order valence-corrected chi connectivity index (χ3v) is 5.31. The summed E-state index contributed by atoms with van der Waals surface area (Å²) in [4.78, 5) is 12.5.